The smallest absolute Gasteiger partial charge is 0.221 e. The standard InChI is InChI=1S/C18H21N5O/c24-18(8-13-23-12-4-9-21-23)20-10-7-17-19-11-14-22(17)15-16-5-2-1-3-6-16/h1-6,9,11-12,14H,7-8,10,13,15H2,(H,20,24). The van der Waals surface area contributed by atoms with Gasteiger partial charge in [0.1, 0.15) is 5.82 Å². The van der Waals surface area contributed by atoms with E-state index in [0.29, 0.717) is 25.9 Å². The zero-order valence-corrected chi connectivity index (χ0v) is 13.5. The van der Waals surface area contributed by atoms with Crippen molar-refractivity contribution in [1.82, 2.24) is 24.6 Å². The molecule has 1 N–H and O–H groups in total. The molecule has 24 heavy (non-hydrogen) atoms. The van der Waals surface area contributed by atoms with Crippen molar-refractivity contribution in [1.29, 1.82) is 0 Å². The van der Waals surface area contributed by atoms with Crippen LogP contribution in [0.15, 0.2) is 61.2 Å². The van der Waals surface area contributed by atoms with Gasteiger partial charge in [-0.25, -0.2) is 4.98 Å². The Morgan fingerprint density at radius 3 is 2.75 bits per heavy atom. The van der Waals surface area contributed by atoms with Crippen LogP contribution in [-0.4, -0.2) is 31.8 Å². The number of benzene rings is 1. The Morgan fingerprint density at radius 1 is 1.08 bits per heavy atom. The van der Waals surface area contributed by atoms with E-state index in [9.17, 15) is 4.79 Å². The van der Waals surface area contributed by atoms with Crippen LogP contribution in [0.25, 0.3) is 0 Å². The average Bonchev–Trinajstić information content (AvgIpc) is 3.26. The predicted molar refractivity (Wildman–Crippen MR) is 91.3 cm³/mol. The maximum Gasteiger partial charge on any atom is 0.221 e. The van der Waals surface area contributed by atoms with E-state index in [1.807, 2.05) is 36.7 Å². The third-order valence-electron chi connectivity index (χ3n) is 3.80. The second-order valence-corrected chi connectivity index (χ2v) is 5.58. The summed E-state index contributed by atoms with van der Waals surface area (Å²) in [6, 6.07) is 12.1. The molecule has 1 aromatic carbocycles. The van der Waals surface area contributed by atoms with E-state index in [1.165, 1.54) is 5.56 Å². The van der Waals surface area contributed by atoms with Crippen molar-refractivity contribution < 1.29 is 4.79 Å². The summed E-state index contributed by atoms with van der Waals surface area (Å²) in [5, 5.41) is 7.03. The first-order valence-electron chi connectivity index (χ1n) is 8.09. The molecule has 0 saturated carbocycles. The van der Waals surface area contributed by atoms with E-state index in [4.69, 9.17) is 0 Å². The monoisotopic (exact) mass is 323 g/mol. The lowest BCUT2D eigenvalue weighted by Gasteiger charge is -2.09. The molecule has 0 aliphatic heterocycles. The van der Waals surface area contributed by atoms with Crippen LogP contribution in [0.5, 0.6) is 0 Å². The molecule has 3 rings (SSSR count). The number of hydrogen-bond acceptors (Lipinski definition) is 3. The first kappa shape index (κ1) is 16.0. The molecule has 6 heteroatoms. The Bertz CT molecular complexity index is 749. The molecule has 0 radical (unpaired) electrons. The third kappa shape index (κ3) is 4.55. The number of carbonyl (C=O) groups is 1. The van der Waals surface area contributed by atoms with Crippen LogP contribution in [0.1, 0.15) is 17.8 Å². The second-order valence-electron chi connectivity index (χ2n) is 5.58. The van der Waals surface area contributed by atoms with E-state index in [2.05, 4.69) is 32.1 Å². The Morgan fingerprint density at radius 2 is 1.96 bits per heavy atom. The van der Waals surface area contributed by atoms with Gasteiger partial charge in [0.2, 0.25) is 5.91 Å². The Balaban J connectivity index is 1.43. The molecule has 6 nitrogen and oxygen atoms in total. The number of carbonyl (C=O) groups excluding carboxylic acids is 1. The van der Waals surface area contributed by atoms with Crippen LogP contribution < -0.4 is 5.32 Å². The minimum Gasteiger partial charge on any atom is -0.356 e. The highest BCUT2D eigenvalue weighted by atomic mass is 16.1. The van der Waals surface area contributed by atoms with E-state index in [1.54, 1.807) is 17.1 Å². The Kier molecular flexibility index (Phi) is 5.40. The van der Waals surface area contributed by atoms with Gasteiger partial charge in [-0.3, -0.25) is 9.48 Å². The number of imidazole rings is 1. The number of aryl methyl sites for hydroxylation is 1. The van der Waals surface area contributed by atoms with Gasteiger partial charge in [0, 0.05) is 57.3 Å². The fourth-order valence-electron chi connectivity index (χ4n) is 2.54. The molecular weight excluding hydrogens is 302 g/mol. The Hall–Kier alpha value is -2.89. The molecule has 0 saturated heterocycles. The highest BCUT2D eigenvalue weighted by Crippen LogP contribution is 2.05. The van der Waals surface area contributed by atoms with Crippen molar-refractivity contribution >= 4 is 5.91 Å². The third-order valence-corrected chi connectivity index (χ3v) is 3.80. The molecule has 0 atom stereocenters. The number of nitrogens with zero attached hydrogens (tertiary/aromatic N) is 4. The van der Waals surface area contributed by atoms with E-state index >= 15 is 0 Å². The van der Waals surface area contributed by atoms with Gasteiger partial charge < -0.3 is 9.88 Å². The molecule has 0 bridgehead atoms. The van der Waals surface area contributed by atoms with Gasteiger partial charge in [-0.05, 0) is 11.6 Å². The predicted octanol–water partition coefficient (Wildman–Crippen LogP) is 1.88. The molecule has 0 fully saturated rings. The van der Waals surface area contributed by atoms with Crippen molar-refractivity contribution in [2.45, 2.75) is 25.9 Å². The number of hydrogen-bond donors (Lipinski definition) is 1. The fourth-order valence-corrected chi connectivity index (χ4v) is 2.54. The van der Waals surface area contributed by atoms with Crippen molar-refractivity contribution in [3.63, 3.8) is 0 Å². The largest absolute Gasteiger partial charge is 0.356 e. The SMILES string of the molecule is O=C(CCn1cccn1)NCCc1nccn1Cc1ccccc1. The number of amides is 1. The van der Waals surface area contributed by atoms with Crippen LogP contribution in [0.4, 0.5) is 0 Å². The number of nitrogens with one attached hydrogen (secondary N) is 1. The first-order valence-corrected chi connectivity index (χ1v) is 8.09. The normalized spacial score (nSPS) is 10.7. The lowest BCUT2D eigenvalue weighted by atomic mass is 10.2. The minimum absolute atomic E-state index is 0.0339. The summed E-state index contributed by atoms with van der Waals surface area (Å²) in [6.07, 6.45) is 8.49. The van der Waals surface area contributed by atoms with Gasteiger partial charge in [0.25, 0.3) is 0 Å². The zero-order chi connectivity index (χ0) is 16.6. The molecule has 1 amide bonds. The Labute approximate surface area is 141 Å². The topological polar surface area (TPSA) is 64.7 Å². The lowest BCUT2D eigenvalue weighted by Crippen LogP contribution is -2.27. The van der Waals surface area contributed by atoms with Crippen molar-refractivity contribution in [2.75, 3.05) is 6.54 Å². The van der Waals surface area contributed by atoms with Gasteiger partial charge >= 0.3 is 0 Å². The summed E-state index contributed by atoms with van der Waals surface area (Å²) < 4.78 is 3.87. The van der Waals surface area contributed by atoms with Gasteiger partial charge in [0.05, 0.1) is 0 Å². The summed E-state index contributed by atoms with van der Waals surface area (Å²) in [5.41, 5.74) is 1.24. The highest BCUT2D eigenvalue weighted by Gasteiger charge is 2.06. The summed E-state index contributed by atoms with van der Waals surface area (Å²) >= 11 is 0. The average molecular weight is 323 g/mol. The molecule has 2 heterocycles. The number of aromatic nitrogens is 4. The van der Waals surface area contributed by atoms with Crippen molar-refractivity contribution in [3.05, 3.63) is 72.6 Å². The quantitative estimate of drug-likeness (QED) is 0.688. The molecule has 124 valence electrons. The molecule has 0 aliphatic carbocycles. The summed E-state index contributed by atoms with van der Waals surface area (Å²) in [6.45, 7) is 1.98. The molecule has 3 aromatic rings. The molecule has 0 spiro atoms. The summed E-state index contributed by atoms with van der Waals surface area (Å²) in [5.74, 6) is 1.01. The van der Waals surface area contributed by atoms with Crippen LogP contribution >= 0.6 is 0 Å². The maximum atomic E-state index is 11.9. The number of rotatable bonds is 8. The van der Waals surface area contributed by atoms with Gasteiger partial charge in [-0.2, -0.15) is 5.10 Å². The highest BCUT2D eigenvalue weighted by molar-refractivity contribution is 5.75. The molecule has 0 unspecified atom stereocenters. The van der Waals surface area contributed by atoms with Crippen molar-refractivity contribution in [3.8, 4) is 0 Å². The summed E-state index contributed by atoms with van der Waals surface area (Å²) in [4.78, 5) is 16.3. The van der Waals surface area contributed by atoms with Gasteiger partial charge in [-0.15, -0.1) is 0 Å². The van der Waals surface area contributed by atoms with Crippen LogP contribution in [0.3, 0.4) is 0 Å². The second kappa shape index (κ2) is 8.10. The first-order chi connectivity index (χ1) is 11.8. The van der Waals surface area contributed by atoms with Crippen LogP contribution in [0.2, 0.25) is 0 Å². The zero-order valence-electron chi connectivity index (χ0n) is 13.5. The van der Waals surface area contributed by atoms with E-state index in [0.717, 1.165) is 12.4 Å². The van der Waals surface area contributed by atoms with E-state index < -0.39 is 0 Å². The lowest BCUT2D eigenvalue weighted by molar-refractivity contribution is -0.121. The van der Waals surface area contributed by atoms with Crippen molar-refractivity contribution in [2.24, 2.45) is 0 Å². The molecule has 2 aromatic heterocycles. The molecule has 0 aliphatic rings. The molecular formula is C18H21N5O. The van der Waals surface area contributed by atoms with Crippen LogP contribution in [-0.2, 0) is 24.3 Å². The maximum absolute atomic E-state index is 11.9. The van der Waals surface area contributed by atoms with Gasteiger partial charge in [-0.1, -0.05) is 30.3 Å². The fraction of sp³-hybridized carbons (Fsp3) is 0.278. The van der Waals surface area contributed by atoms with Gasteiger partial charge in [0.15, 0.2) is 0 Å². The van der Waals surface area contributed by atoms with Crippen LogP contribution in [0, 0.1) is 0 Å². The van der Waals surface area contributed by atoms with E-state index in [-0.39, 0.29) is 5.91 Å². The summed E-state index contributed by atoms with van der Waals surface area (Å²) in [7, 11) is 0. The minimum atomic E-state index is 0.0339.